The number of carbonyl (C=O) groups excluding carboxylic acids is 1. The first-order valence-corrected chi connectivity index (χ1v) is 6.76. The summed E-state index contributed by atoms with van der Waals surface area (Å²) in [6, 6.07) is 0. The van der Waals surface area contributed by atoms with E-state index in [-0.39, 0.29) is 5.91 Å². The normalized spacial score (nSPS) is 24.1. The molecule has 1 aliphatic heterocycles. The molecule has 0 aromatic rings. The summed E-state index contributed by atoms with van der Waals surface area (Å²) in [5.74, 6) is -0.727. The second-order valence-corrected chi connectivity index (χ2v) is 5.15. The Labute approximate surface area is 109 Å². The molecule has 1 atom stereocenters. The maximum absolute atomic E-state index is 11.6. The lowest BCUT2D eigenvalue weighted by molar-refractivity contribution is -0.148. The molecule has 0 aromatic carbocycles. The van der Waals surface area contributed by atoms with E-state index in [0.717, 1.165) is 12.8 Å². The van der Waals surface area contributed by atoms with Gasteiger partial charge in [0.2, 0.25) is 5.91 Å². The van der Waals surface area contributed by atoms with E-state index in [2.05, 4.69) is 5.32 Å². The number of carbonyl (C=O) groups is 2. The summed E-state index contributed by atoms with van der Waals surface area (Å²) in [6.07, 6.45) is 3.12. The highest BCUT2D eigenvalue weighted by molar-refractivity contribution is 5.79. The van der Waals surface area contributed by atoms with Crippen LogP contribution in [-0.2, 0) is 9.59 Å². The predicted molar refractivity (Wildman–Crippen MR) is 69.3 cm³/mol. The zero-order chi connectivity index (χ0) is 13.6. The fourth-order valence-corrected chi connectivity index (χ4v) is 2.58. The zero-order valence-electron chi connectivity index (χ0n) is 11.4. The summed E-state index contributed by atoms with van der Waals surface area (Å²) in [4.78, 5) is 24.9. The monoisotopic (exact) mass is 256 g/mol. The molecule has 0 saturated carbocycles. The fourth-order valence-electron chi connectivity index (χ4n) is 2.58. The summed E-state index contributed by atoms with van der Waals surface area (Å²) in [5, 5.41) is 12.2. The van der Waals surface area contributed by atoms with Gasteiger partial charge in [0, 0.05) is 13.1 Å². The maximum Gasteiger partial charge on any atom is 0.310 e. The molecule has 18 heavy (non-hydrogen) atoms. The lowest BCUT2D eigenvalue weighted by Crippen LogP contribution is -2.39. The van der Waals surface area contributed by atoms with Gasteiger partial charge in [0.25, 0.3) is 0 Å². The summed E-state index contributed by atoms with van der Waals surface area (Å²) in [5.41, 5.74) is -0.639. The summed E-state index contributed by atoms with van der Waals surface area (Å²) >= 11 is 0. The lowest BCUT2D eigenvalue weighted by atomic mass is 9.83. The third kappa shape index (κ3) is 3.70. The first-order valence-electron chi connectivity index (χ1n) is 6.76. The molecule has 1 heterocycles. The Morgan fingerprint density at radius 2 is 2.06 bits per heavy atom. The second-order valence-electron chi connectivity index (χ2n) is 5.15. The minimum absolute atomic E-state index is 0.00506. The average Bonchev–Trinajstić information content (AvgIpc) is 2.71. The number of nitrogens with zero attached hydrogens (tertiary/aromatic N) is 1. The van der Waals surface area contributed by atoms with Gasteiger partial charge >= 0.3 is 5.97 Å². The van der Waals surface area contributed by atoms with Gasteiger partial charge < -0.3 is 10.4 Å². The fraction of sp³-hybridized carbons (Fsp3) is 0.846. The van der Waals surface area contributed by atoms with E-state index in [0.29, 0.717) is 39.0 Å². The third-order valence-electron chi connectivity index (χ3n) is 3.55. The van der Waals surface area contributed by atoms with E-state index >= 15 is 0 Å². The lowest BCUT2D eigenvalue weighted by Gasteiger charge is -2.24. The highest BCUT2D eigenvalue weighted by Crippen LogP contribution is 2.35. The van der Waals surface area contributed by atoms with Crippen molar-refractivity contribution in [3.8, 4) is 0 Å². The first kappa shape index (κ1) is 15.0. The van der Waals surface area contributed by atoms with Crippen molar-refractivity contribution in [3.05, 3.63) is 0 Å². The number of hydrogen-bond donors (Lipinski definition) is 2. The molecular weight excluding hydrogens is 232 g/mol. The molecule has 0 spiro atoms. The van der Waals surface area contributed by atoms with Crippen molar-refractivity contribution in [3.63, 3.8) is 0 Å². The van der Waals surface area contributed by atoms with Gasteiger partial charge in [-0.15, -0.1) is 0 Å². The van der Waals surface area contributed by atoms with Crippen molar-refractivity contribution in [2.45, 2.75) is 39.5 Å². The number of likely N-dealkylation sites (tertiary alicyclic amines) is 1. The van der Waals surface area contributed by atoms with Crippen LogP contribution in [-0.4, -0.2) is 48.1 Å². The smallest absolute Gasteiger partial charge is 0.310 e. The van der Waals surface area contributed by atoms with Crippen molar-refractivity contribution < 1.29 is 14.7 Å². The topological polar surface area (TPSA) is 69.6 Å². The van der Waals surface area contributed by atoms with Crippen LogP contribution in [0, 0.1) is 5.41 Å². The quantitative estimate of drug-likeness (QED) is 0.715. The third-order valence-corrected chi connectivity index (χ3v) is 3.55. The Morgan fingerprint density at radius 1 is 1.33 bits per heavy atom. The van der Waals surface area contributed by atoms with Crippen LogP contribution in [0.1, 0.15) is 39.5 Å². The van der Waals surface area contributed by atoms with E-state index in [1.165, 1.54) is 0 Å². The van der Waals surface area contributed by atoms with E-state index in [9.17, 15) is 14.7 Å². The minimum Gasteiger partial charge on any atom is -0.481 e. The van der Waals surface area contributed by atoms with Crippen LogP contribution in [0.5, 0.6) is 0 Å². The molecular formula is C13H24N2O3. The molecule has 1 saturated heterocycles. The summed E-state index contributed by atoms with van der Waals surface area (Å²) in [7, 11) is 0. The highest BCUT2D eigenvalue weighted by atomic mass is 16.4. The number of hydrogen-bond acceptors (Lipinski definition) is 3. The van der Waals surface area contributed by atoms with Crippen molar-refractivity contribution >= 4 is 11.9 Å². The van der Waals surface area contributed by atoms with Crippen molar-refractivity contribution in [2.75, 3.05) is 26.2 Å². The van der Waals surface area contributed by atoms with Gasteiger partial charge in [0.1, 0.15) is 0 Å². The molecule has 1 aliphatic rings. The molecule has 1 unspecified atom stereocenters. The number of nitrogens with one attached hydrogen (secondary N) is 1. The SMILES string of the molecule is CCCNC(=O)CN1CCC(CCC)(C(=O)O)C1. The Hall–Kier alpha value is -1.10. The zero-order valence-corrected chi connectivity index (χ0v) is 11.4. The van der Waals surface area contributed by atoms with Crippen LogP contribution >= 0.6 is 0 Å². The molecule has 1 amide bonds. The molecule has 5 heteroatoms. The van der Waals surface area contributed by atoms with E-state index < -0.39 is 11.4 Å². The van der Waals surface area contributed by atoms with Gasteiger partial charge in [-0.3, -0.25) is 14.5 Å². The Balaban J connectivity index is 2.48. The molecule has 0 radical (unpaired) electrons. The van der Waals surface area contributed by atoms with E-state index in [1.54, 1.807) is 0 Å². The van der Waals surface area contributed by atoms with Gasteiger partial charge in [0.05, 0.1) is 12.0 Å². The van der Waals surface area contributed by atoms with Crippen molar-refractivity contribution in [2.24, 2.45) is 5.41 Å². The Morgan fingerprint density at radius 3 is 2.61 bits per heavy atom. The highest BCUT2D eigenvalue weighted by Gasteiger charge is 2.44. The van der Waals surface area contributed by atoms with Gasteiger partial charge in [0.15, 0.2) is 0 Å². The van der Waals surface area contributed by atoms with Gasteiger partial charge in [-0.2, -0.15) is 0 Å². The number of carboxylic acid groups (broad SMARTS) is 1. The molecule has 0 aliphatic carbocycles. The summed E-state index contributed by atoms with van der Waals surface area (Å²) < 4.78 is 0. The van der Waals surface area contributed by atoms with Crippen molar-refractivity contribution in [1.82, 2.24) is 10.2 Å². The van der Waals surface area contributed by atoms with Gasteiger partial charge in [-0.25, -0.2) is 0 Å². The Bertz CT molecular complexity index is 307. The predicted octanol–water partition coefficient (Wildman–Crippen LogP) is 1.09. The van der Waals surface area contributed by atoms with Crippen LogP contribution < -0.4 is 5.32 Å². The molecule has 5 nitrogen and oxygen atoms in total. The minimum atomic E-state index is -0.721. The van der Waals surface area contributed by atoms with Gasteiger partial charge in [-0.05, 0) is 25.8 Å². The first-order chi connectivity index (χ1) is 8.54. The maximum atomic E-state index is 11.6. The Kier molecular flexibility index (Phi) is 5.59. The van der Waals surface area contributed by atoms with Crippen LogP contribution in [0.3, 0.4) is 0 Å². The van der Waals surface area contributed by atoms with E-state index in [1.807, 2.05) is 18.7 Å². The van der Waals surface area contributed by atoms with Crippen LogP contribution in [0.2, 0.25) is 0 Å². The van der Waals surface area contributed by atoms with E-state index in [4.69, 9.17) is 0 Å². The van der Waals surface area contributed by atoms with Crippen LogP contribution in [0.4, 0.5) is 0 Å². The molecule has 0 bridgehead atoms. The van der Waals surface area contributed by atoms with Crippen LogP contribution in [0.15, 0.2) is 0 Å². The molecule has 0 aromatic heterocycles. The van der Waals surface area contributed by atoms with Gasteiger partial charge in [-0.1, -0.05) is 20.3 Å². The average molecular weight is 256 g/mol. The number of rotatable bonds is 7. The standard InChI is InChI=1S/C13H24N2O3/c1-3-5-13(12(17)18)6-8-15(10-13)9-11(16)14-7-4-2/h3-10H2,1-2H3,(H,14,16)(H,17,18). The number of aliphatic carboxylic acids is 1. The molecule has 2 N–H and O–H groups in total. The largest absolute Gasteiger partial charge is 0.481 e. The van der Waals surface area contributed by atoms with Crippen LogP contribution in [0.25, 0.3) is 0 Å². The molecule has 1 fully saturated rings. The van der Waals surface area contributed by atoms with Crippen molar-refractivity contribution in [1.29, 1.82) is 0 Å². The molecule has 104 valence electrons. The molecule has 1 rings (SSSR count). The summed E-state index contributed by atoms with van der Waals surface area (Å²) in [6.45, 7) is 6.21. The number of amides is 1. The number of carboxylic acids is 1. The second kappa shape index (κ2) is 6.73.